The van der Waals surface area contributed by atoms with Crippen molar-refractivity contribution in [3.63, 3.8) is 0 Å². The maximum Gasteiger partial charge on any atom is 0.119 e. The van der Waals surface area contributed by atoms with Crippen LogP contribution in [0.3, 0.4) is 0 Å². The van der Waals surface area contributed by atoms with E-state index in [9.17, 15) is 5.11 Å². The summed E-state index contributed by atoms with van der Waals surface area (Å²) in [7, 11) is 3.88. The van der Waals surface area contributed by atoms with E-state index in [1.807, 2.05) is 31.1 Å². The number of phenols is 1. The number of aromatic hydroxyl groups is 1. The van der Waals surface area contributed by atoms with Crippen LogP contribution in [0.4, 0.5) is 5.69 Å². The lowest BCUT2D eigenvalue weighted by Crippen LogP contribution is -2.08. The Morgan fingerprint density at radius 3 is 2.54 bits per heavy atom. The standard InChI is InChI=1S/C10H15NO2/c1-11(2)9-3-4-10(13)8(7-9)5-6-12/h3-4,7,12-13H,5-6H2,1-2H3. The summed E-state index contributed by atoms with van der Waals surface area (Å²) in [5, 5.41) is 18.2. The molecule has 1 aromatic rings. The Bertz CT molecular complexity index is 284. The van der Waals surface area contributed by atoms with E-state index in [1.165, 1.54) is 0 Å². The lowest BCUT2D eigenvalue weighted by atomic mass is 10.1. The lowest BCUT2D eigenvalue weighted by molar-refractivity contribution is 0.297. The molecule has 0 aliphatic carbocycles. The van der Waals surface area contributed by atoms with Gasteiger partial charge in [-0.25, -0.2) is 0 Å². The summed E-state index contributed by atoms with van der Waals surface area (Å²) in [5.74, 6) is 0.250. The molecule has 1 rings (SSSR count). The SMILES string of the molecule is CN(C)c1ccc(O)c(CCO)c1. The van der Waals surface area contributed by atoms with Gasteiger partial charge in [-0.2, -0.15) is 0 Å². The first kappa shape index (κ1) is 9.86. The number of rotatable bonds is 3. The first-order chi connectivity index (χ1) is 6.15. The number of hydrogen-bond acceptors (Lipinski definition) is 3. The highest BCUT2D eigenvalue weighted by atomic mass is 16.3. The number of aliphatic hydroxyl groups is 1. The second-order valence-corrected chi connectivity index (χ2v) is 3.18. The average molecular weight is 181 g/mol. The Balaban J connectivity index is 2.97. The predicted octanol–water partition coefficient (Wildman–Crippen LogP) is 0.993. The summed E-state index contributed by atoms with van der Waals surface area (Å²) >= 11 is 0. The summed E-state index contributed by atoms with van der Waals surface area (Å²) < 4.78 is 0. The minimum atomic E-state index is 0.0600. The molecular weight excluding hydrogens is 166 g/mol. The van der Waals surface area contributed by atoms with Gasteiger partial charge in [0.15, 0.2) is 0 Å². The lowest BCUT2D eigenvalue weighted by Gasteiger charge is -2.14. The molecule has 0 aliphatic heterocycles. The number of benzene rings is 1. The van der Waals surface area contributed by atoms with Crippen LogP contribution in [0.1, 0.15) is 5.56 Å². The van der Waals surface area contributed by atoms with Gasteiger partial charge >= 0.3 is 0 Å². The molecular formula is C10H15NO2. The van der Waals surface area contributed by atoms with E-state index in [-0.39, 0.29) is 12.4 Å². The molecule has 3 nitrogen and oxygen atoms in total. The molecule has 0 amide bonds. The average Bonchev–Trinajstić information content (AvgIpc) is 2.08. The Labute approximate surface area is 78.2 Å². The van der Waals surface area contributed by atoms with Gasteiger partial charge in [0.2, 0.25) is 0 Å². The normalized spacial score (nSPS) is 10.1. The van der Waals surface area contributed by atoms with Gasteiger partial charge in [0.1, 0.15) is 5.75 Å². The molecule has 0 heterocycles. The van der Waals surface area contributed by atoms with E-state index in [0.29, 0.717) is 6.42 Å². The van der Waals surface area contributed by atoms with Crippen LogP contribution in [0.15, 0.2) is 18.2 Å². The van der Waals surface area contributed by atoms with E-state index < -0.39 is 0 Å². The van der Waals surface area contributed by atoms with Gasteiger partial charge in [0.25, 0.3) is 0 Å². The quantitative estimate of drug-likeness (QED) is 0.731. The Morgan fingerprint density at radius 2 is 2.00 bits per heavy atom. The number of aliphatic hydroxyl groups excluding tert-OH is 1. The first-order valence-corrected chi connectivity index (χ1v) is 4.25. The van der Waals surface area contributed by atoms with Crippen molar-refractivity contribution < 1.29 is 10.2 Å². The summed E-state index contributed by atoms with van der Waals surface area (Å²) in [6, 6.07) is 5.38. The van der Waals surface area contributed by atoms with Crippen LogP contribution in [0.5, 0.6) is 5.75 Å². The van der Waals surface area contributed by atoms with E-state index in [0.717, 1.165) is 11.3 Å². The molecule has 0 aliphatic rings. The highest BCUT2D eigenvalue weighted by Gasteiger charge is 2.02. The van der Waals surface area contributed by atoms with Gasteiger partial charge in [0, 0.05) is 26.4 Å². The van der Waals surface area contributed by atoms with Crippen LogP contribution in [0, 0.1) is 0 Å². The highest BCUT2D eigenvalue weighted by Crippen LogP contribution is 2.23. The zero-order valence-electron chi connectivity index (χ0n) is 7.99. The summed E-state index contributed by atoms with van der Waals surface area (Å²) in [6.45, 7) is 0.0600. The van der Waals surface area contributed by atoms with Gasteiger partial charge in [0.05, 0.1) is 0 Å². The van der Waals surface area contributed by atoms with Gasteiger partial charge in [-0.05, 0) is 30.2 Å². The molecule has 13 heavy (non-hydrogen) atoms. The minimum Gasteiger partial charge on any atom is -0.508 e. The molecule has 1 aromatic carbocycles. The maximum atomic E-state index is 9.42. The number of anilines is 1. The van der Waals surface area contributed by atoms with Crippen molar-refractivity contribution in [2.24, 2.45) is 0 Å². The van der Waals surface area contributed by atoms with Crippen molar-refractivity contribution in [1.29, 1.82) is 0 Å². The van der Waals surface area contributed by atoms with Crippen molar-refractivity contribution >= 4 is 5.69 Å². The Morgan fingerprint density at radius 1 is 1.31 bits per heavy atom. The molecule has 0 bridgehead atoms. The third kappa shape index (κ3) is 2.36. The Kier molecular flexibility index (Phi) is 3.14. The van der Waals surface area contributed by atoms with Gasteiger partial charge < -0.3 is 15.1 Å². The molecule has 0 spiro atoms. The first-order valence-electron chi connectivity index (χ1n) is 4.25. The van der Waals surface area contributed by atoms with Crippen molar-refractivity contribution in [3.05, 3.63) is 23.8 Å². The van der Waals surface area contributed by atoms with Crippen molar-refractivity contribution in [1.82, 2.24) is 0 Å². The molecule has 0 radical (unpaired) electrons. The third-order valence-corrected chi connectivity index (χ3v) is 1.96. The van der Waals surface area contributed by atoms with Crippen LogP contribution in [-0.2, 0) is 6.42 Å². The van der Waals surface area contributed by atoms with Crippen LogP contribution in [-0.4, -0.2) is 30.9 Å². The molecule has 3 heteroatoms. The fourth-order valence-electron chi connectivity index (χ4n) is 1.17. The molecule has 0 saturated carbocycles. The monoisotopic (exact) mass is 181 g/mol. The molecule has 0 unspecified atom stereocenters. The van der Waals surface area contributed by atoms with Crippen LogP contribution >= 0.6 is 0 Å². The number of hydrogen-bond donors (Lipinski definition) is 2. The minimum absolute atomic E-state index is 0.0600. The van der Waals surface area contributed by atoms with Crippen molar-refractivity contribution in [3.8, 4) is 5.75 Å². The molecule has 0 aromatic heterocycles. The smallest absolute Gasteiger partial charge is 0.119 e. The molecule has 72 valence electrons. The number of nitrogens with zero attached hydrogens (tertiary/aromatic N) is 1. The van der Waals surface area contributed by atoms with Crippen LogP contribution < -0.4 is 4.90 Å². The van der Waals surface area contributed by atoms with Crippen molar-refractivity contribution in [2.75, 3.05) is 25.6 Å². The highest BCUT2D eigenvalue weighted by molar-refractivity contribution is 5.51. The fraction of sp³-hybridized carbons (Fsp3) is 0.400. The molecule has 2 N–H and O–H groups in total. The second kappa shape index (κ2) is 4.14. The zero-order valence-corrected chi connectivity index (χ0v) is 7.99. The largest absolute Gasteiger partial charge is 0.508 e. The van der Waals surface area contributed by atoms with Crippen LogP contribution in [0.2, 0.25) is 0 Å². The molecule has 0 fully saturated rings. The Hall–Kier alpha value is -1.22. The van der Waals surface area contributed by atoms with Crippen molar-refractivity contribution in [2.45, 2.75) is 6.42 Å². The maximum absolute atomic E-state index is 9.42. The second-order valence-electron chi connectivity index (χ2n) is 3.18. The predicted molar refractivity (Wildman–Crippen MR) is 53.2 cm³/mol. The summed E-state index contributed by atoms with van der Waals surface area (Å²) in [5.41, 5.74) is 1.81. The van der Waals surface area contributed by atoms with Gasteiger partial charge in [-0.1, -0.05) is 0 Å². The topological polar surface area (TPSA) is 43.7 Å². The van der Waals surface area contributed by atoms with Crippen LogP contribution in [0.25, 0.3) is 0 Å². The summed E-state index contributed by atoms with van der Waals surface area (Å²) in [4.78, 5) is 1.96. The van der Waals surface area contributed by atoms with Gasteiger partial charge in [-0.15, -0.1) is 0 Å². The zero-order chi connectivity index (χ0) is 9.84. The fourth-order valence-corrected chi connectivity index (χ4v) is 1.17. The van der Waals surface area contributed by atoms with E-state index in [4.69, 9.17) is 5.11 Å². The van der Waals surface area contributed by atoms with E-state index in [1.54, 1.807) is 6.07 Å². The van der Waals surface area contributed by atoms with Gasteiger partial charge in [-0.3, -0.25) is 0 Å². The molecule has 0 atom stereocenters. The van der Waals surface area contributed by atoms with E-state index >= 15 is 0 Å². The number of phenolic OH excluding ortho intramolecular Hbond substituents is 1. The summed E-state index contributed by atoms with van der Waals surface area (Å²) in [6.07, 6.45) is 0.494. The van der Waals surface area contributed by atoms with E-state index in [2.05, 4.69) is 0 Å². The molecule has 0 saturated heterocycles. The third-order valence-electron chi connectivity index (χ3n) is 1.96.